The Labute approximate surface area is 124 Å². The van der Waals surface area contributed by atoms with Gasteiger partial charge in [0.15, 0.2) is 0 Å². The topological polar surface area (TPSA) is 47.3 Å². The number of benzene rings is 2. The van der Waals surface area contributed by atoms with E-state index in [0.29, 0.717) is 0 Å². The van der Waals surface area contributed by atoms with Crippen molar-refractivity contribution in [2.45, 2.75) is 19.4 Å². The maximum Gasteiger partial charge on any atom is 0.119 e. The third-order valence-electron chi connectivity index (χ3n) is 3.46. The summed E-state index contributed by atoms with van der Waals surface area (Å²) in [5.41, 5.74) is 6.20. The van der Waals surface area contributed by atoms with E-state index in [1.165, 1.54) is 0 Å². The van der Waals surface area contributed by atoms with Crippen molar-refractivity contribution in [3.8, 4) is 5.75 Å². The number of nitrogens with one attached hydrogen (secondary N) is 1. The third-order valence-corrected chi connectivity index (χ3v) is 3.87. The molecule has 2 aromatic carbocycles. The molecule has 3 nitrogen and oxygen atoms in total. The molecule has 20 heavy (non-hydrogen) atoms. The van der Waals surface area contributed by atoms with Crippen molar-refractivity contribution in [2.24, 2.45) is 5.84 Å². The quantitative estimate of drug-likeness (QED) is 0.655. The van der Waals surface area contributed by atoms with Gasteiger partial charge in [-0.2, -0.15) is 0 Å². The minimum Gasteiger partial charge on any atom is -0.497 e. The van der Waals surface area contributed by atoms with Crippen LogP contribution in [-0.2, 0) is 6.42 Å². The van der Waals surface area contributed by atoms with Gasteiger partial charge in [-0.1, -0.05) is 35.9 Å². The summed E-state index contributed by atoms with van der Waals surface area (Å²) >= 11 is 6.18. The van der Waals surface area contributed by atoms with Crippen molar-refractivity contribution in [1.29, 1.82) is 0 Å². The molecule has 2 aromatic rings. The third kappa shape index (κ3) is 3.31. The van der Waals surface area contributed by atoms with E-state index in [-0.39, 0.29) is 6.04 Å². The van der Waals surface area contributed by atoms with Crippen LogP contribution in [0, 0.1) is 6.92 Å². The summed E-state index contributed by atoms with van der Waals surface area (Å²) in [4.78, 5) is 0. The summed E-state index contributed by atoms with van der Waals surface area (Å²) in [5.74, 6) is 6.57. The number of halogens is 1. The zero-order valence-electron chi connectivity index (χ0n) is 11.7. The molecular weight excluding hydrogens is 272 g/mol. The molecule has 0 saturated heterocycles. The molecule has 0 heterocycles. The van der Waals surface area contributed by atoms with Gasteiger partial charge in [0.05, 0.1) is 13.2 Å². The van der Waals surface area contributed by atoms with Gasteiger partial charge in [-0.15, -0.1) is 0 Å². The van der Waals surface area contributed by atoms with Gasteiger partial charge in [0.2, 0.25) is 0 Å². The largest absolute Gasteiger partial charge is 0.497 e. The zero-order valence-corrected chi connectivity index (χ0v) is 12.4. The highest BCUT2D eigenvalue weighted by Gasteiger charge is 2.14. The molecule has 1 atom stereocenters. The summed E-state index contributed by atoms with van der Waals surface area (Å²) in [7, 11) is 1.67. The van der Waals surface area contributed by atoms with Gasteiger partial charge in [-0.05, 0) is 48.2 Å². The Morgan fingerprint density at radius 3 is 2.70 bits per heavy atom. The van der Waals surface area contributed by atoms with Gasteiger partial charge >= 0.3 is 0 Å². The second-order valence-electron chi connectivity index (χ2n) is 4.73. The standard InChI is InChI=1S/C16H19ClN2O/c1-11-14(7-4-8-15(11)17)16(19-18)10-12-5-3-6-13(9-12)20-2/h3-9,16,19H,10,18H2,1-2H3. The van der Waals surface area contributed by atoms with Gasteiger partial charge < -0.3 is 4.74 Å². The molecule has 0 spiro atoms. The lowest BCUT2D eigenvalue weighted by Gasteiger charge is -2.19. The number of hydrogen-bond acceptors (Lipinski definition) is 3. The van der Waals surface area contributed by atoms with Gasteiger partial charge in [-0.3, -0.25) is 11.3 Å². The SMILES string of the molecule is COc1cccc(CC(NN)c2cccc(Cl)c2C)c1. The van der Waals surface area contributed by atoms with E-state index in [0.717, 1.165) is 33.9 Å². The Morgan fingerprint density at radius 1 is 1.25 bits per heavy atom. The van der Waals surface area contributed by atoms with Crippen molar-refractivity contribution in [3.05, 3.63) is 64.2 Å². The van der Waals surface area contributed by atoms with Crippen LogP contribution in [0.15, 0.2) is 42.5 Å². The molecule has 0 amide bonds. The van der Waals surface area contributed by atoms with Crippen molar-refractivity contribution in [1.82, 2.24) is 5.43 Å². The molecule has 3 N–H and O–H groups in total. The fourth-order valence-corrected chi connectivity index (χ4v) is 2.48. The fraction of sp³-hybridized carbons (Fsp3) is 0.250. The Balaban J connectivity index is 2.26. The molecule has 0 aliphatic heterocycles. The average Bonchev–Trinajstić information content (AvgIpc) is 2.48. The zero-order chi connectivity index (χ0) is 14.5. The molecule has 0 bridgehead atoms. The molecule has 1 unspecified atom stereocenters. The van der Waals surface area contributed by atoms with Crippen LogP contribution >= 0.6 is 11.6 Å². The van der Waals surface area contributed by atoms with Crippen molar-refractivity contribution in [2.75, 3.05) is 7.11 Å². The van der Waals surface area contributed by atoms with Crippen LogP contribution in [0.4, 0.5) is 0 Å². The van der Waals surface area contributed by atoms with Crippen LogP contribution in [0.2, 0.25) is 5.02 Å². The highest BCUT2D eigenvalue weighted by molar-refractivity contribution is 6.31. The number of hydrazine groups is 1. The molecule has 0 aliphatic rings. The lowest BCUT2D eigenvalue weighted by molar-refractivity contribution is 0.414. The molecule has 0 saturated carbocycles. The van der Waals surface area contributed by atoms with E-state index >= 15 is 0 Å². The highest BCUT2D eigenvalue weighted by atomic mass is 35.5. The maximum atomic E-state index is 6.18. The fourth-order valence-electron chi connectivity index (χ4n) is 2.30. The minimum atomic E-state index is 0.0146. The molecule has 0 aromatic heterocycles. The first-order chi connectivity index (χ1) is 9.65. The second kappa shape index (κ2) is 6.75. The monoisotopic (exact) mass is 290 g/mol. The predicted octanol–water partition coefficient (Wildman–Crippen LogP) is 3.40. The maximum absolute atomic E-state index is 6.18. The van der Waals surface area contributed by atoms with Crippen molar-refractivity contribution < 1.29 is 4.74 Å². The Morgan fingerprint density at radius 2 is 2.00 bits per heavy atom. The van der Waals surface area contributed by atoms with Crippen LogP contribution in [0.3, 0.4) is 0 Å². The van der Waals surface area contributed by atoms with Gasteiger partial charge in [0.25, 0.3) is 0 Å². The van der Waals surface area contributed by atoms with Crippen molar-refractivity contribution in [3.63, 3.8) is 0 Å². The predicted molar refractivity (Wildman–Crippen MR) is 83.0 cm³/mol. The van der Waals surface area contributed by atoms with Crippen LogP contribution in [0.25, 0.3) is 0 Å². The van der Waals surface area contributed by atoms with Gasteiger partial charge in [-0.25, -0.2) is 0 Å². The lowest BCUT2D eigenvalue weighted by atomic mass is 9.96. The first-order valence-electron chi connectivity index (χ1n) is 6.49. The van der Waals surface area contributed by atoms with E-state index < -0.39 is 0 Å². The first kappa shape index (κ1) is 14.9. The van der Waals surface area contributed by atoms with E-state index in [1.807, 2.05) is 43.3 Å². The van der Waals surface area contributed by atoms with E-state index in [9.17, 15) is 0 Å². The van der Waals surface area contributed by atoms with E-state index in [2.05, 4.69) is 11.5 Å². The van der Waals surface area contributed by atoms with E-state index in [1.54, 1.807) is 7.11 Å². The van der Waals surface area contributed by atoms with Gasteiger partial charge in [0.1, 0.15) is 5.75 Å². The average molecular weight is 291 g/mol. The molecule has 0 radical (unpaired) electrons. The number of ether oxygens (including phenoxy) is 1. The first-order valence-corrected chi connectivity index (χ1v) is 6.87. The molecule has 2 rings (SSSR count). The smallest absolute Gasteiger partial charge is 0.119 e. The number of nitrogens with two attached hydrogens (primary N) is 1. The van der Waals surface area contributed by atoms with E-state index in [4.69, 9.17) is 22.2 Å². The summed E-state index contributed by atoms with van der Waals surface area (Å²) in [6, 6.07) is 13.9. The molecule has 0 fully saturated rings. The Kier molecular flexibility index (Phi) is 5.01. The number of rotatable bonds is 5. The minimum absolute atomic E-state index is 0.0146. The van der Waals surface area contributed by atoms with Crippen LogP contribution < -0.4 is 16.0 Å². The highest BCUT2D eigenvalue weighted by Crippen LogP contribution is 2.27. The van der Waals surface area contributed by atoms with Gasteiger partial charge in [0, 0.05) is 5.02 Å². The summed E-state index contributed by atoms with van der Waals surface area (Å²) in [6.07, 6.45) is 0.773. The number of hydrogen-bond donors (Lipinski definition) is 2. The summed E-state index contributed by atoms with van der Waals surface area (Å²) < 4.78 is 5.25. The molecule has 4 heteroatoms. The summed E-state index contributed by atoms with van der Waals surface area (Å²) in [6.45, 7) is 2.01. The Bertz CT molecular complexity index is 586. The Hall–Kier alpha value is -1.55. The van der Waals surface area contributed by atoms with Crippen LogP contribution in [-0.4, -0.2) is 7.11 Å². The second-order valence-corrected chi connectivity index (χ2v) is 5.14. The number of methoxy groups -OCH3 is 1. The van der Waals surface area contributed by atoms with Crippen LogP contribution in [0.1, 0.15) is 22.7 Å². The molecular formula is C16H19ClN2O. The van der Waals surface area contributed by atoms with Crippen molar-refractivity contribution >= 4 is 11.6 Å². The molecule has 0 aliphatic carbocycles. The molecule has 106 valence electrons. The normalized spacial score (nSPS) is 12.2. The summed E-state index contributed by atoms with van der Waals surface area (Å²) in [5, 5.41) is 0.758. The lowest BCUT2D eigenvalue weighted by Crippen LogP contribution is -2.30. The van der Waals surface area contributed by atoms with Crippen LogP contribution in [0.5, 0.6) is 5.75 Å².